The van der Waals surface area contributed by atoms with Gasteiger partial charge in [-0.15, -0.1) is 0 Å². The molecule has 0 aliphatic carbocycles. The van der Waals surface area contributed by atoms with Crippen molar-refractivity contribution in [3.63, 3.8) is 0 Å². The molecule has 1 saturated heterocycles. The Labute approximate surface area is 96.8 Å². The Kier molecular flexibility index (Phi) is 3.67. The molecule has 0 unspecified atom stereocenters. The number of benzene rings is 1. The van der Waals surface area contributed by atoms with Gasteiger partial charge in [-0.1, -0.05) is 12.1 Å². The van der Waals surface area contributed by atoms with Crippen LogP contribution in [0.2, 0.25) is 0 Å². The van der Waals surface area contributed by atoms with Gasteiger partial charge in [0.2, 0.25) is 0 Å². The highest BCUT2D eigenvalue weighted by Crippen LogP contribution is 2.38. The van der Waals surface area contributed by atoms with Gasteiger partial charge in [-0.2, -0.15) is 0 Å². The summed E-state index contributed by atoms with van der Waals surface area (Å²) < 4.78 is 10.8. The summed E-state index contributed by atoms with van der Waals surface area (Å²) >= 11 is 0. The molecule has 0 spiro atoms. The fraction of sp³-hybridized carbons (Fsp3) is 0.538. The minimum absolute atomic E-state index is 0.558. The Hall–Kier alpha value is -1.22. The van der Waals surface area contributed by atoms with Gasteiger partial charge in [-0.05, 0) is 24.8 Å². The van der Waals surface area contributed by atoms with Gasteiger partial charge in [0.15, 0.2) is 11.5 Å². The van der Waals surface area contributed by atoms with E-state index >= 15 is 0 Å². The van der Waals surface area contributed by atoms with E-state index in [1.807, 2.05) is 12.1 Å². The molecule has 0 saturated carbocycles. The molecule has 1 heterocycles. The summed E-state index contributed by atoms with van der Waals surface area (Å²) in [7, 11) is 3.38. The molecular weight excluding hydrogens is 202 g/mol. The molecule has 0 bridgehead atoms. The zero-order valence-corrected chi connectivity index (χ0v) is 9.90. The number of rotatable bonds is 3. The van der Waals surface area contributed by atoms with Crippen molar-refractivity contribution in [2.75, 3.05) is 27.3 Å². The summed E-state index contributed by atoms with van der Waals surface area (Å²) in [6.07, 6.45) is 2.23. The van der Waals surface area contributed by atoms with Crippen LogP contribution in [0.15, 0.2) is 18.2 Å². The first kappa shape index (κ1) is 11.3. The van der Waals surface area contributed by atoms with E-state index in [2.05, 4.69) is 11.4 Å². The number of para-hydroxylation sites is 1. The van der Waals surface area contributed by atoms with Crippen LogP contribution in [0.25, 0.3) is 0 Å². The number of nitrogens with zero attached hydrogens (tertiary/aromatic N) is 1. The van der Waals surface area contributed by atoms with Gasteiger partial charge >= 0.3 is 0 Å². The molecule has 1 aliphatic heterocycles. The van der Waals surface area contributed by atoms with E-state index in [1.165, 1.54) is 5.56 Å². The minimum atomic E-state index is 0.558. The molecule has 1 fully saturated rings. The molecule has 0 atom stereocenters. The van der Waals surface area contributed by atoms with Gasteiger partial charge < -0.3 is 9.47 Å². The third kappa shape index (κ3) is 2.14. The van der Waals surface area contributed by atoms with Crippen LogP contribution >= 0.6 is 0 Å². The number of piperidine rings is 1. The van der Waals surface area contributed by atoms with Crippen molar-refractivity contribution in [3.8, 4) is 11.5 Å². The first-order chi connectivity index (χ1) is 7.86. The molecule has 2 rings (SSSR count). The van der Waals surface area contributed by atoms with Crippen LogP contribution in [-0.2, 0) is 0 Å². The first-order valence-corrected chi connectivity index (χ1v) is 5.71. The molecule has 0 aromatic heterocycles. The average Bonchev–Trinajstić information content (AvgIpc) is 2.38. The van der Waals surface area contributed by atoms with E-state index in [1.54, 1.807) is 14.2 Å². The number of hydrogen-bond donors (Lipinski definition) is 0. The zero-order valence-electron chi connectivity index (χ0n) is 9.90. The SMILES string of the molecule is COc1cccc(C2CC[N]CC2)c1OC. The van der Waals surface area contributed by atoms with Gasteiger partial charge in [-0.3, -0.25) is 0 Å². The lowest BCUT2D eigenvalue weighted by Crippen LogP contribution is -2.21. The summed E-state index contributed by atoms with van der Waals surface area (Å²) in [6, 6.07) is 6.11. The summed E-state index contributed by atoms with van der Waals surface area (Å²) in [5.41, 5.74) is 1.26. The topological polar surface area (TPSA) is 32.6 Å². The van der Waals surface area contributed by atoms with E-state index in [0.29, 0.717) is 5.92 Å². The van der Waals surface area contributed by atoms with Crippen LogP contribution in [0.5, 0.6) is 11.5 Å². The maximum atomic E-state index is 5.46. The van der Waals surface area contributed by atoms with E-state index in [-0.39, 0.29) is 0 Å². The fourth-order valence-electron chi connectivity index (χ4n) is 2.29. The molecule has 3 heteroatoms. The quantitative estimate of drug-likeness (QED) is 0.782. The summed E-state index contributed by atoms with van der Waals surface area (Å²) in [6.45, 7) is 1.93. The third-order valence-corrected chi connectivity index (χ3v) is 3.14. The molecule has 1 aromatic rings. The normalized spacial score (nSPS) is 17.1. The maximum absolute atomic E-state index is 5.46. The van der Waals surface area contributed by atoms with Crippen LogP contribution in [0.4, 0.5) is 0 Å². The van der Waals surface area contributed by atoms with Gasteiger partial charge in [-0.25, -0.2) is 5.32 Å². The summed E-state index contributed by atoms with van der Waals surface area (Å²) in [5.74, 6) is 2.27. The van der Waals surface area contributed by atoms with Crippen LogP contribution < -0.4 is 14.8 Å². The summed E-state index contributed by atoms with van der Waals surface area (Å²) in [4.78, 5) is 0. The highest BCUT2D eigenvalue weighted by atomic mass is 16.5. The molecule has 16 heavy (non-hydrogen) atoms. The van der Waals surface area contributed by atoms with Crippen molar-refractivity contribution >= 4 is 0 Å². The maximum Gasteiger partial charge on any atom is 0.164 e. The van der Waals surface area contributed by atoms with Crippen molar-refractivity contribution < 1.29 is 9.47 Å². The van der Waals surface area contributed by atoms with Gasteiger partial charge in [0, 0.05) is 18.7 Å². The van der Waals surface area contributed by atoms with E-state index < -0.39 is 0 Å². The van der Waals surface area contributed by atoms with Crippen LogP contribution in [0.1, 0.15) is 24.3 Å². The Balaban J connectivity index is 2.30. The molecule has 1 aliphatic rings. The zero-order chi connectivity index (χ0) is 11.4. The van der Waals surface area contributed by atoms with Gasteiger partial charge in [0.1, 0.15) is 0 Å². The fourth-order valence-corrected chi connectivity index (χ4v) is 2.29. The van der Waals surface area contributed by atoms with Gasteiger partial charge in [0.05, 0.1) is 14.2 Å². The molecule has 1 radical (unpaired) electrons. The lowest BCUT2D eigenvalue weighted by atomic mass is 9.89. The van der Waals surface area contributed by atoms with E-state index in [4.69, 9.17) is 9.47 Å². The van der Waals surface area contributed by atoms with Crippen molar-refractivity contribution in [1.82, 2.24) is 5.32 Å². The van der Waals surface area contributed by atoms with E-state index in [9.17, 15) is 0 Å². The van der Waals surface area contributed by atoms with Crippen molar-refractivity contribution in [2.24, 2.45) is 0 Å². The largest absolute Gasteiger partial charge is 0.493 e. The molecule has 3 nitrogen and oxygen atoms in total. The predicted molar refractivity (Wildman–Crippen MR) is 63.4 cm³/mol. The Morgan fingerprint density at radius 3 is 2.50 bits per heavy atom. The molecule has 0 N–H and O–H groups in total. The molecule has 87 valence electrons. The van der Waals surface area contributed by atoms with Crippen LogP contribution in [-0.4, -0.2) is 27.3 Å². The standard InChI is InChI=1S/C13H18NO2/c1-15-12-5-3-4-11(13(12)16-2)10-6-8-14-9-7-10/h3-5,10H,6-9H2,1-2H3. The highest BCUT2D eigenvalue weighted by molar-refractivity contribution is 5.48. The Morgan fingerprint density at radius 1 is 1.12 bits per heavy atom. The molecule has 1 aromatic carbocycles. The smallest absolute Gasteiger partial charge is 0.164 e. The van der Waals surface area contributed by atoms with Crippen LogP contribution in [0, 0.1) is 0 Å². The monoisotopic (exact) mass is 220 g/mol. The van der Waals surface area contributed by atoms with Crippen molar-refractivity contribution in [3.05, 3.63) is 23.8 Å². The lowest BCUT2D eigenvalue weighted by Gasteiger charge is -2.24. The number of methoxy groups -OCH3 is 2. The Bertz CT molecular complexity index is 346. The van der Waals surface area contributed by atoms with Gasteiger partial charge in [0.25, 0.3) is 0 Å². The van der Waals surface area contributed by atoms with Crippen LogP contribution in [0.3, 0.4) is 0 Å². The first-order valence-electron chi connectivity index (χ1n) is 5.71. The van der Waals surface area contributed by atoms with Crippen molar-refractivity contribution in [2.45, 2.75) is 18.8 Å². The second-order valence-electron chi connectivity index (χ2n) is 4.03. The molecule has 0 amide bonds. The lowest BCUT2D eigenvalue weighted by molar-refractivity contribution is 0.344. The summed E-state index contributed by atoms with van der Waals surface area (Å²) in [5, 5.41) is 4.38. The van der Waals surface area contributed by atoms with E-state index in [0.717, 1.165) is 37.4 Å². The minimum Gasteiger partial charge on any atom is -0.493 e. The number of hydrogen-bond acceptors (Lipinski definition) is 2. The number of ether oxygens (including phenoxy) is 2. The highest BCUT2D eigenvalue weighted by Gasteiger charge is 2.21. The molecular formula is C13H18NO2. The predicted octanol–water partition coefficient (Wildman–Crippen LogP) is 2.19. The second kappa shape index (κ2) is 5.21. The van der Waals surface area contributed by atoms with Crippen molar-refractivity contribution in [1.29, 1.82) is 0 Å². The third-order valence-electron chi connectivity index (χ3n) is 3.14. The Morgan fingerprint density at radius 2 is 1.88 bits per heavy atom. The second-order valence-corrected chi connectivity index (χ2v) is 4.03. The average molecular weight is 220 g/mol.